The molecule has 0 heterocycles. The summed E-state index contributed by atoms with van der Waals surface area (Å²) in [6.07, 6.45) is 16.2. The van der Waals surface area contributed by atoms with Crippen LogP contribution in [0.15, 0.2) is 12.2 Å². The molecule has 2 bridgehead atoms. The van der Waals surface area contributed by atoms with Crippen LogP contribution < -0.4 is 0 Å². The second kappa shape index (κ2) is 4.11. The van der Waals surface area contributed by atoms with Gasteiger partial charge in [-0.1, -0.05) is 31.4 Å². The lowest BCUT2D eigenvalue weighted by molar-refractivity contribution is 0.372. The van der Waals surface area contributed by atoms with Gasteiger partial charge < -0.3 is 0 Å². The average molecular weight is 163 g/mol. The first-order valence-electron chi connectivity index (χ1n) is 5.46. The summed E-state index contributed by atoms with van der Waals surface area (Å²) in [6, 6.07) is 0. The van der Waals surface area contributed by atoms with Crippen LogP contribution in [-0.4, -0.2) is 0 Å². The van der Waals surface area contributed by atoms with E-state index in [0.717, 1.165) is 5.92 Å². The van der Waals surface area contributed by atoms with E-state index in [9.17, 15) is 0 Å². The molecule has 1 unspecified atom stereocenters. The second-order valence-corrected chi connectivity index (χ2v) is 4.29. The Hall–Kier alpha value is -0.260. The molecule has 0 aromatic carbocycles. The normalized spacial score (nSPS) is 32.2. The molecule has 2 aliphatic rings. The first-order chi connectivity index (χ1) is 5.95. The molecule has 2 rings (SSSR count). The first-order valence-corrected chi connectivity index (χ1v) is 5.46. The van der Waals surface area contributed by atoms with Crippen LogP contribution in [-0.2, 0) is 0 Å². The minimum atomic E-state index is 1.05. The lowest BCUT2D eigenvalue weighted by Gasteiger charge is -2.24. The number of hydrogen-bond donors (Lipinski definition) is 0. The fourth-order valence-electron chi connectivity index (χ4n) is 2.48. The van der Waals surface area contributed by atoms with Gasteiger partial charge in [-0.25, -0.2) is 0 Å². The number of hydrogen-bond acceptors (Lipinski definition) is 0. The van der Waals surface area contributed by atoms with E-state index >= 15 is 0 Å². The zero-order valence-corrected chi connectivity index (χ0v) is 7.89. The molecular weight excluding hydrogens is 144 g/mol. The van der Waals surface area contributed by atoms with Crippen molar-refractivity contribution in [3.8, 4) is 0 Å². The van der Waals surface area contributed by atoms with Gasteiger partial charge in [0.25, 0.3) is 0 Å². The van der Waals surface area contributed by atoms with Crippen LogP contribution in [0.4, 0.5) is 0 Å². The van der Waals surface area contributed by atoms with Crippen LogP contribution in [0.25, 0.3) is 0 Å². The van der Waals surface area contributed by atoms with Crippen molar-refractivity contribution in [3.05, 3.63) is 18.1 Å². The van der Waals surface area contributed by atoms with Gasteiger partial charge in [0.15, 0.2) is 0 Å². The smallest absolute Gasteiger partial charge is 0.00272 e. The van der Waals surface area contributed by atoms with Crippen LogP contribution in [0.2, 0.25) is 0 Å². The average Bonchev–Trinajstić information content (AvgIpc) is 2.03. The minimum Gasteiger partial charge on any atom is -0.0879 e. The highest BCUT2D eigenvalue weighted by Gasteiger charge is 2.17. The van der Waals surface area contributed by atoms with Crippen LogP contribution >= 0.6 is 0 Å². The molecule has 0 aromatic heterocycles. The van der Waals surface area contributed by atoms with Crippen LogP contribution in [0.1, 0.15) is 51.4 Å². The fraction of sp³-hybridized carbons (Fsp3) is 0.750. The SMILES string of the molecule is C1=C[C]2CCCCC(CC1)CC2. The van der Waals surface area contributed by atoms with E-state index in [4.69, 9.17) is 0 Å². The maximum atomic E-state index is 2.40. The Kier molecular flexibility index (Phi) is 2.86. The molecule has 0 saturated heterocycles. The van der Waals surface area contributed by atoms with Gasteiger partial charge in [0.1, 0.15) is 0 Å². The zero-order chi connectivity index (χ0) is 8.23. The molecule has 1 radical (unpaired) electrons. The maximum Gasteiger partial charge on any atom is -0.00272 e. The molecule has 0 nitrogen and oxygen atoms in total. The third-order valence-electron chi connectivity index (χ3n) is 3.33. The topological polar surface area (TPSA) is 0 Å². The quantitative estimate of drug-likeness (QED) is 0.508. The van der Waals surface area contributed by atoms with Crippen molar-refractivity contribution < 1.29 is 0 Å². The maximum absolute atomic E-state index is 2.40. The summed E-state index contributed by atoms with van der Waals surface area (Å²) in [5.41, 5.74) is 0. The molecule has 1 fully saturated rings. The summed E-state index contributed by atoms with van der Waals surface area (Å²) in [7, 11) is 0. The summed E-state index contributed by atoms with van der Waals surface area (Å²) >= 11 is 0. The summed E-state index contributed by atoms with van der Waals surface area (Å²) in [5.74, 6) is 2.77. The van der Waals surface area contributed by atoms with Crippen LogP contribution in [0.3, 0.4) is 0 Å². The van der Waals surface area contributed by atoms with E-state index in [0.29, 0.717) is 0 Å². The Morgan fingerprint density at radius 2 is 2.00 bits per heavy atom. The second-order valence-electron chi connectivity index (χ2n) is 4.29. The van der Waals surface area contributed by atoms with Gasteiger partial charge in [-0.05, 0) is 43.9 Å². The number of allylic oxidation sites excluding steroid dienone is 2. The molecule has 0 heteroatoms. The molecular formula is C12H19. The standard InChI is InChI=1S/C12H19/c1-2-6-12-8-4-3-7-11(5-1)9-10-12/h1,5,12H,2-4,6-10H2. The number of rotatable bonds is 0. The van der Waals surface area contributed by atoms with Gasteiger partial charge in [0.05, 0.1) is 0 Å². The van der Waals surface area contributed by atoms with Gasteiger partial charge in [-0.2, -0.15) is 0 Å². The van der Waals surface area contributed by atoms with Crippen molar-refractivity contribution in [1.29, 1.82) is 0 Å². The van der Waals surface area contributed by atoms with Crippen molar-refractivity contribution in [2.45, 2.75) is 51.4 Å². The van der Waals surface area contributed by atoms with Gasteiger partial charge in [0.2, 0.25) is 0 Å². The lowest BCUT2D eigenvalue weighted by Crippen LogP contribution is -2.09. The Morgan fingerprint density at radius 1 is 1.00 bits per heavy atom. The molecule has 0 amide bonds. The third-order valence-corrected chi connectivity index (χ3v) is 3.33. The van der Waals surface area contributed by atoms with Crippen molar-refractivity contribution in [3.63, 3.8) is 0 Å². The molecule has 2 aliphatic carbocycles. The number of fused-ring (bicyclic) bond motifs is 3. The Bertz CT molecular complexity index is 157. The molecule has 0 aromatic rings. The van der Waals surface area contributed by atoms with Crippen LogP contribution in [0.5, 0.6) is 0 Å². The largest absolute Gasteiger partial charge is 0.0879 e. The van der Waals surface area contributed by atoms with E-state index in [1.165, 1.54) is 51.4 Å². The Morgan fingerprint density at radius 3 is 3.00 bits per heavy atom. The van der Waals surface area contributed by atoms with Crippen molar-refractivity contribution in [2.75, 3.05) is 0 Å². The van der Waals surface area contributed by atoms with E-state index in [1.807, 2.05) is 0 Å². The highest BCUT2D eigenvalue weighted by molar-refractivity contribution is 5.11. The van der Waals surface area contributed by atoms with E-state index in [1.54, 1.807) is 5.92 Å². The highest BCUT2D eigenvalue weighted by Crippen LogP contribution is 2.32. The van der Waals surface area contributed by atoms with Crippen LogP contribution in [0, 0.1) is 11.8 Å². The lowest BCUT2D eigenvalue weighted by atomic mass is 9.81. The van der Waals surface area contributed by atoms with Crippen molar-refractivity contribution in [2.24, 2.45) is 5.92 Å². The molecule has 1 atom stereocenters. The van der Waals surface area contributed by atoms with E-state index in [-0.39, 0.29) is 0 Å². The van der Waals surface area contributed by atoms with Gasteiger partial charge >= 0.3 is 0 Å². The summed E-state index contributed by atoms with van der Waals surface area (Å²) in [4.78, 5) is 0. The summed E-state index contributed by atoms with van der Waals surface area (Å²) in [6.45, 7) is 0. The molecule has 0 N–H and O–H groups in total. The van der Waals surface area contributed by atoms with Crippen molar-refractivity contribution >= 4 is 0 Å². The minimum absolute atomic E-state index is 1.05. The van der Waals surface area contributed by atoms with Crippen molar-refractivity contribution in [1.82, 2.24) is 0 Å². The van der Waals surface area contributed by atoms with E-state index < -0.39 is 0 Å². The summed E-state index contributed by atoms with van der Waals surface area (Å²) in [5, 5.41) is 0. The Labute approximate surface area is 76.1 Å². The van der Waals surface area contributed by atoms with E-state index in [2.05, 4.69) is 12.2 Å². The summed E-state index contributed by atoms with van der Waals surface area (Å²) < 4.78 is 0. The first kappa shape index (κ1) is 8.34. The fourth-order valence-corrected chi connectivity index (χ4v) is 2.48. The monoisotopic (exact) mass is 163 g/mol. The molecule has 12 heavy (non-hydrogen) atoms. The highest BCUT2D eigenvalue weighted by atomic mass is 14.2. The van der Waals surface area contributed by atoms with Gasteiger partial charge in [-0.15, -0.1) is 0 Å². The zero-order valence-electron chi connectivity index (χ0n) is 7.89. The predicted molar refractivity (Wildman–Crippen MR) is 52.8 cm³/mol. The molecule has 1 saturated carbocycles. The predicted octanol–water partition coefficient (Wildman–Crippen LogP) is 3.88. The Balaban J connectivity index is 2.02. The van der Waals surface area contributed by atoms with Gasteiger partial charge in [-0.3, -0.25) is 0 Å². The molecule has 0 spiro atoms. The molecule has 0 aliphatic heterocycles. The van der Waals surface area contributed by atoms with Gasteiger partial charge in [0, 0.05) is 0 Å². The third kappa shape index (κ3) is 2.12. The molecule has 67 valence electrons.